The number of unbranched alkanes of at least 4 members (excludes halogenated alkanes) is 4. The molecular weight excluding hydrogens is 244 g/mol. The van der Waals surface area contributed by atoms with Gasteiger partial charge in [0.25, 0.3) is 0 Å². The van der Waals surface area contributed by atoms with Crippen LogP contribution in [0.5, 0.6) is 0 Å². The maximum Gasteiger partial charge on any atom is 0.0607 e. The quantitative estimate of drug-likeness (QED) is 0.479. The second-order valence-corrected chi connectivity index (χ2v) is 9.96. The normalized spacial score (nSPS) is 12.5. The molecule has 0 spiro atoms. The number of hydrogen-bond acceptors (Lipinski definition) is 0. The van der Waals surface area contributed by atoms with Gasteiger partial charge in [-0.3, -0.25) is 0 Å². The number of aryl methyl sites for hydroxylation is 2. The molecule has 0 saturated heterocycles. The highest BCUT2D eigenvalue weighted by molar-refractivity contribution is 6.57. The average molecular weight is 277 g/mol. The van der Waals surface area contributed by atoms with Crippen LogP contribution < -0.4 is 5.19 Å². The molecule has 108 valence electrons. The van der Waals surface area contributed by atoms with Crippen LogP contribution in [0.4, 0.5) is 0 Å². The molecule has 1 rings (SSSR count). The van der Waals surface area contributed by atoms with Crippen LogP contribution in [0.15, 0.2) is 18.2 Å². The standard InChI is InChI=1S/C18H32Si/c1-6-7-8-9-10-13-18(4,5)19-17-14-15(2)11-12-16(17)3/h11-12,14H,6-10,13,19H2,1-5H3. The van der Waals surface area contributed by atoms with Gasteiger partial charge in [-0.1, -0.05) is 93.8 Å². The zero-order valence-corrected chi connectivity index (χ0v) is 15.1. The van der Waals surface area contributed by atoms with Crippen LogP contribution in [-0.4, -0.2) is 9.52 Å². The first-order valence-electron chi connectivity index (χ1n) is 8.01. The molecule has 0 amide bonds. The summed E-state index contributed by atoms with van der Waals surface area (Å²) < 4.78 is 0. The van der Waals surface area contributed by atoms with Crippen molar-refractivity contribution in [1.29, 1.82) is 0 Å². The summed E-state index contributed by atoms with van der Waals surface area (Å²) in [4.78, 5) is 0. The van der Waals surface area contributed by atoms with Gasteiger partial charge in [0.2, 0.25) is 0 Å². The number of rotatable bonds is 8. The topological polar surface area (TPSA) is 0 Å². The lowest BCUT2D eigenvalue weighted by Crippen LogP contribution is -2.27. The van der Waals surface area contributed by atoms with Gasteiger partial charge in [-0.2, -0.15) is 0 Å². The minimum Gasteiger partial charge on any atom is -0.0654 e. The van der Waals surface area contributed by atoms with E-state index in [2.05, 4.69) is 52.8 Å². The molecule has 0 aliphatic heterocycles. The lowest BCUT2D eigenvalue weighted by Gasteiger charge is -2.25. The van der Waals surface area contributed by atoms with Crippen LogP contribution in [0.3, 0.4) is 0 Å². The highest BCUT2D eigenvalue weighted by Gasteiger charge is 2.19. The monoisotopic (exact) mass is 276 g/mol. The summed E-state index contributed by atoms with van der Waals surface area (Å²) >= 11 is 0. The Balaban J connectivity index is 2.46. The average Bonchev–Trinajstić information content (AvgIpc) is 2.33. The van der Waals surface area contributed by atoms with E-state index in [1.54, 1.807) is 5.19 Å². The molecule has 0 nitrogen and oxygen atoms in total. The Hall–Kier alpha value is -0.563. The fourth-order valence-corrected chi connectivity index (χ4v) is 5.08. The maximum absolute atomic E-state index is 2.49. The second kappa shape index (κ2) is 7.89. The summed E-state index contributed by atoms with van der Waals surface area (Å²) in [5.74, 6) is 0. The van der Waals surface area contributed by atoms with Crippen LogP contribution in [-0.2, 0) is 0 Å². The molecule has 0 aliphatic rings. The molecule has 0 saturated carbocycles. The predicted octanol–water partition coefficient (Wildman–Crippen LogP) is 4.66. The molecule has 1 aromatic carbocycles. The van der Waals surface area contributed by atoms with Crippen LogP contribution >= 0.6 is 0 Å². The van der Waals surface area contributed by atoms with Crippen LogP contribution in [0.25, 0.3) is 0 Å². The summed E-state index contributed by atoms with van der Waals surface area (Å²) in [7, 11) is -0.173. The molecule has 19 heavy (non-hydrogen) atoms. The van der Waals surface area contributed by atoms with Gasteiger partial charge >= 0.3 is 0 Å². The molecule has 0 heterocycles. The van der Waals surface area contributed by atoms with Crippen molar-refractivity contribution in [3.05, 3.63) is 29.3 Å². The molecule has 0 aliphatic carbocycles. The fraction of sp³-hybridized carbons (Fsp3) is 0.667. The highest BCUT2D eigenvalue weighted by Crippen LogP contribution is 2.30. The molecule has 0 N–H and O–H groups in total. The Morgan fingerprint density at radius 1 is 1.00 bits per heavy atom. The second-order valence-electron chi connectivity index (χ2n) is 6.94. The van der Waals surface area contributed by atoms with Gasteiger partial charge in [-0.05, 0) is 18.9 Å². The summed E-state index contributed by atoms with van der Waals surface area (Å²) in [6, 6.07) is 6.97. The Labute approximate surface area is 122 Å². The van der Waals surface area contributed by atoms with Crippen molar-refractivity contribution in [2.45, 2.75) is 78.2 Å². The van der Waals surface area contributed by atoms with Gasteiger partial charge in [0.05, 0.1) is 9.52 Å². The zero-order chi connectivity index (χ0) is 14.3. The van der Waals surface area contributed by atoms with Crippen molar-refractivity contribution < 1.29 is 0 Å². The minimum absolute atomic E-state index is 0.173. The molecular formula is C18H32Si. The van der Waals surface area contributed by atoms with Gasteiger partial charge in [0.15, 0.2) is 0 Å². The van der Waals surface area contributed by atoms with E-state index in [4.69, 9.17) is 0 Å². The molecule has 1 heteroatoms. The van der Waals surface area contributed by atoms with E-state index in [9.17, 15) is 0 Å². The van der Waals surface area contributed by atoms with Crippen LogP contribution in [0.1, 0.15) is 70.4 Å². The smallest absolute Gasteiger partial charge is 0.0607 e. The SMILES string of the molecule is CCCCCCCC(C)(C)[SiH2]c1cc(C)ccc1C. The third-order valence-electron chi connectivity index (χ3n) is 4.13. The largest absolute Gasteiger partial charge is 0.0654 e. The maximum atomic E-state index is 2.49. The number of hydrogen-bond donors (Lipinski definition) is 0. The van der Waals surface area contributed by atoms with E-state index in [-0.39, 0.29) is 9.52 Å². The summed E-state index contributed by atoms with van der Waals surface area (Å²) in [5, 5.41) is 2.25. The Morgan fingerprint density at radius 2 is 1.68 bits per heavy atom. The van der Waals surface area contributed by atoms with E-state index in [1.165, 1.54) is 49.7 Å². The highest BCUT2D eigenvalue weighted by atomic mass is 28.2. The summed E-state index contributed by atoms with van der Waals surface area (Å²) in [5.41, 5.74) is 2.93. The van der Waals surface area contributed by atoms with Gasteiger partial charge in [0, 0.05) is 0 Å². The van der Waals surface area contributed by atoms with Crippen molar-refractivity contribution in [2.24, 2.45) is 0 Å². The van der Waals surface area contributed by atoms with Crippen molar-refractivity contribution in [3.8, 4) is 0 Å². The zero-order valence-electron chi connectivity index (χ0n) is 13.7. The van der Waals surface area contributed by atoms with Gasteiger partial charge in [0.1, 0.15) is 0 Å². The van der Waals surface area contributed by atoms with E-state index in [0.29, 0.717) is 5.04 Å². The number of benzene rings is 1. The fourth-order valence-electron chi connectivity index (χ4n) is 2.80. The van der Waals surface area contributed by atoms with E-state index >= 15 is 0 Å². The third-order valence-corrected chi connectivity index (χ3v) is 6.58. The van der Waals surface area contributed by atoms with Crippen molar-refractivity contribution in [1.82, 2.24) is 0 Å². The minimum atomic E-state index is -0.173. The Bertz CT molecular complexity index is 379. The third kappa shape index (κ3) is 6.42. The van der Waals surface area contributed by atoms with E-state index in [0.717, 1.165) is 0 Å². The first-order valence-corrected chi connectivity index (χ1v) is 9.42. The van der Waals surface area contributed by atoms with Gasteiger partial charge < -0.3 is 0 Å². The van der Waals surface area contributed by atoms with Gasteiger partial charge in [-0.25, -0.2) is 0 Å². The first kappa shape index (κ1) is 16.5. The van der Waals surface area contributed by atoms with Crippen molar-refractivity contribution in [3.63, 3.8) is 0 Å². The molecule has 0 bridgehead atoms. The molecule has 0 atom stereocenters. The molecule has 0 fully saturated rings. The van der Waals surface area contributed by atoms with Crippen LogP contribution in [0.2, 0.25) is 5.04 Å². The predicted molar refractivity (Wildman–Crippen MR) is 91.5 cm³/mol. The lowest BCUT2D eigenvalue weighted by atomic mass is 10.0. The van der Waals surface area contributed by atoms with E-state index < -0.39 is 0 Å². The molecule has 0 unspecified atom stereocenters. The van der Waals surface area contributed by atoms with E-state index in [1.807, 2.05) is 0 Å². The Kier molecular flexibility index (Phi) is 6.85. The molecule has 1 aromatic rings. The molecule has 0 radical (unpaired) electrons. The summed E-state index contributed by atoms with van der Waals surface area (Å²) in [6.45, 7) is 11.8. The molecule has 0 aromatic heterocycles. The lowest BCUT2D eigenvalue weighted by molar-refractivity contribution is 0.531. The van der Waals surface area contributed by atoms with Crippen LogP contribution in [0, 0.1) is 13.8 Å². The first-order chi connectivity index (χ1) is 8.94. The van der Waals surface area contributed by atoms with Crippen molar-refractivity contribution >= 4 is 14.7 Å². The summed E-state index contributed by atoms with van der Waals surface area (Å²) in [6.07, 6.45) is 8.45. The Morgan fingerprint density at radius 3 is 2.37 bits per heavy atom. The van der Waals surface area contributed by atoms with Gasteiger partial charge in [-0.15, -0.1) is 0 Å². The van der Waals surface area contributed by atoms with Crippen molar-refractivity contribution in [2.75, 3.05) is 0 Å².